The Bertz CT molecular complexity index is 644. The third-order valence-corrected chi connectivity index (χ3v) is 5.31. The highest BCUT2D eigenvalue weighted by Crippen LogP contribution is 2.28. The summed E-state index contributed by atoms with van der Waals surface area (Å²) in [6, 6.07) is 3.33. The van der Waals surface area contributed by atoms with Crippen LogP contribution in [0.1, 0.15) is 48.8 Å². The molecule has 2 aliphatic rings. The van der Waals surface area contributed by atoms with Crippen molar-refractivity contribution in [2.45, 2.75) is 51.4 Å². The van der Waals surface area contributed by atoms with Gasteiger partial charge in [0.2, 0.25) is 5.91 Å². The summed E-state index contributed by atoms with van der Waals surface area (Å²) in [5.41, 5.74) is 3.00. The number of benzene rings is 1. The lowest BCUT2D eigenvalue weighted by molar-refractivity contribution is -0.145. The lowest BCUT2D eigenvalue weighted by atomic mass is 9.86. The Hall–Kier alpha value is -1.91. The van der Waals surface area contributed by atoms with Crippen LogP contribution in [0, 0.1) is 11.7 Å². The van der Waals surface area contributed by atoms with Gasteiger partial charge in [-0.05, 0) is 67.7 Å². The first-order chi connectivity index (χ1) is 11.6. The maximum absolute atomic E-state index is 13.9. The average Bonchev–Trinajstić information content (AvgIpc) is 2.61. The maximum Gasteiger partial charge on any atom is 0.308 e. The first-order valence-electron chi connectivity index (χ1n) is 8.86. The predicted octanol–water partition coefficient (Wildman–Crippen LogP) is 2.96. The molecule has 1 heterocycles. The van der Waals surface area contributed by atoms with Crippen molar-refractivity contribution in [2.24, 2.45) is 5.92 Å². The fourth-order valence-corrected chi connectivity index (χ4v) is 3.94. The van der Waals surface area contributed by atoms with E-state index < -0.39 is 11.9 Å². The molecule has 1 amide bonds. The molecule has 0 bridgehead atoms. The number of aliphatic carboxylic acids is 1. The van der Waals surface area contributed by atoms with Crippen LogP contribution in [0.2, 0.25) is 0 Å². The largest absolute Gasteiger partial charge is 0.481 e. The highest BCUT2D eigenvalue weighted by Gasteiger charge is 2.28. The quantitative estimate of drug-likeness (QED) is 0.921. The number of nitrogens with zero attached hydrogens (tertiary/aromatic N) is 1. The molecule has 130 valence electrons. The van der Waals surface area contributed by atoms with E-state index >= 15 is 0 Å². The molecule has 1 aromatic rings. The van der Waals surface area contributed by atoms with E-state index in [1.807, 2.05) is 6.07 Å². The number of piperidine rings is 1. The van der Waals surface area contributed by atoms with Gasteiger partial charge >= 0.3 is 5.97 Å². The molecule has 1 N–H and O–H groups in total. The van der Waals surface area contributed by atoms with Gasteiger partial charge in [0.25, 0.3) is 0 Å². The molecule has 24 heavy (non-hydrogen) atoms. The molecule has 5 heteroatoms. The number of aryl methyl sites for hydroxylation is 1. The summed E-state index contributed by atoms with van der Waals surface area (Å²) < 4.78 is 13.9. The van der Waals surface area contributed by atoms with Crippen LogP contribution in [0.4, 0.5) is 4.39 Å². The minimum atomic E-state index is -0.819. The number of carbonyl (C=O) groups excluding carboxylic acids is 1. The highest BCUT2D eigenvalue weighted by molar-refractivity contribution is 5.78. The molecule has 1 fully saturated rings. The molecule has 1 aliphatic heterocycles. The van der Waals surface area contributed by atoms with Crippen LogP contribution in [-0.2, 0) is 28.9 Å². The van der Waals surface area contributed by atoms with Crippen molar-refractivity contribution in [1.82, 2.24) is 4.90 Å². The number of amides is 1. The maximum atomic E-state index is 13.9. The zero-order valence-corrected chi connectivity index (χ0v) is 13.9. The van der Waals surface area contributed by atoms with Gasteiger partial charge in [-0.15, -0.1) is 0 Å². The van der Waals surface area contributed by atoms with Crippen molar-refractivity contribution < 1.29 is 19.1 Å². The lowest BCUT2D eigenvalue weighted by Crippen LogP contribution is -2.42. The van der Waals surface area contributed by atoms with E-state index in [-0.39, 0.29) is 11.7 Å². The fraction of sp³-hybridized carbons (Fsp3) is 0.579. The molecule has 1 aliphatic carbocycles. The third kappa shape index (κ3) is 3.60. The summed E-state index contributed by atoms with van der Waals surface area (Å²) >= 11 is 0. The van der Waals surface area contributed by atoms with Crippen LogP contribution in [0.25, 0.3) is 0 Å². The number of carboxylic acids is 1. The van der Waals surface area contributed by atoms with E-state index in [0.717, 1.165) is 48.8 Å². The lowest BCUT2D eigenvalue weighted by Gasteiger charge is -2.31. The van der Waals surface area contributed by atoms with Crippen LogP contribution >= 0.6 is 0 Å². The summed E-state index contributed by atoms with van der Waals surface area (Å²) in [7, 11) is 0. The van der Waals surface area contributed by atoms with Crippen molar-refractivity contribution in [3.8, 4) is 0 Å². The standard InChI is InChI=1S/C19H24FNO3/c20-17-9-7-13(15-5-1-2-6-16(15)17)8-10-18(22)21-11-3-4-14(12-21)19(23)24/h7,9,14H,1-6,8,10-12H2,(H,23,24). The normalized spacial score (nSPS) is 20.5. The third-order valence-electron chi connectivity index (χ3n) is 5.31. The Kier molecular flexibility index (Phi) is 5.17. The Morgan fingerprint density at radius 3 is 2.67 bits per heavy atom. The van der Waals surface area contributed by atoms with Crippen molar-refractivity contribution in [3.63, 3.8) is 0 Å². The molecule has 0 aromatic heterocycles. The SMILES string of the molecule is O=C(O)C1CCCN(C(=O)CCc2ccc(F)c3c2CCCC3)C1. The van der Waals surface area contributed by atoms with Crippen LogP contribution in [0.15, 0.2) is 12.1 Å². The van der Waals surface area contributed by atoms with Gasteiger partial charge in [-0.3, -0.25) is 9.59 Å². The van der Waals surface area contributed by atoms with E-state index in [4.69, 9.17) is 5.11 Å². The van der Waals surface area contributed by atoms with Crippen LogP contribution < -0.4 is 0 Å². The Balaban J connectivity index is 1.63. The van der Waals surface area contributed by atoms with Gasteiger partial charge in [-0.1, -0.05) is 6.07 Å². The Morgan fingerprint density at radius 2 is 1.92 bits per heavy atom. The second-order valence-electron chi connectivity index (χ2n) is 6.89. The van der Waals surface area contributed by atoms with Gasteiger partial charge in [-0.25, -0.2) is 4.39 Å². The molecule has 1 unspecified atom stereocenters. The minimum absolute atomic E-state index is 0.00911. The van der Waals surface area contributed by atoms with Gasteiger partial charge in [0.15, 0.2) is 0 Å². The van der Waals surface area contributed by atoms with Crippen LogP contribution in [-0.4, -0.2) is 35.0 Å². The molecule has 0 spiro atoms. The summed E-state index contributed by atoms with van der Waals surface area (Å²) in [5.74, 6) is -1.38. The van der Waals surface area contributed by atoms with Crippen molar-refractivity contribution in [1.29, 1.82) is 0 Å². The Labute approximate surface area is 141 Å². The monoisotopic (exact) mass is 333 g/mol. The zero-order valence-electron chi connectivity index (χ0n) is 13.9. The van der Waals surface area contributed by atoms with Crippen molar-refractivity contribution in [3.05, 3.63) is 34.6 Å². The number of rotatable bonds is 4. The van der Waals surface area contributed by atoms with Crippen molar-refractivity contribution >= 4 is 11.9 Å². The molecule has 1 atom stereocenters. The molecule has 1 saturated heterocycles. The van der Waals surface area contributed by atoms with Crippen molar-refractivity contribution in [2.75, 3.05) is 13.1 Å². The topological polar surface area (TPSA) is 57.6 Å². The summed E-state index contributed by atoms with van der Waals surface area (Å²) in [4.78, 5) is 25.2. The van der Waals surface area contributed by atoms with E-state index in [1.54, 1.807) is 4.90 Å². The average molecular weight is 333 g/mol. The highest BCUT2D eigenvalue weighted by atomic mass is 19.1. The van der Waals surface area contributed by atoms with E-state index in [1.165, 1.54) is 6.07 Å². The van der Waals surface area contributed by atoms with Gasteiger partial charge in [-0.2, -0.15) is 0 Å². The van der Waals surface area contributed by atoms with Crippen LogP contribution in [0.3, 0.4) is 0 Å². The van der Waals surface area contributed by atoms with Gasteiger partial charge in [0.1, 0.15) is 5.82 Å². The van der Waals surface area contributed by atoms with Crippen LogP contribution in [0.5, 0.6) is 0 Å². The number of likely N-dealkylation sites (tertiary alicyclic amines) is 1. The van der Waals surface area contributed by atoms with Gasteiger partial charge in [0, 0.05) is 19.5 Å². The molecular formula is C19H24FNO3. The van der Waals surface area contributed by atoms with E-state index in [2.05, 4.69) is 0 Å². The van der Waals surface area contributed by atoms with Gasteiger partial charge in [0.05, 0.1) is 5.92 Å². The second kappa shape index (κ2) is 7.32. The number of carbonyl (C=O) groups is 2. The minimum Gasteiger partial charge on any atom is -0.481 e. The summed E-state index contributed by atoms with van der Waals surface area (Å²) in [6.45, 7) is 0.958. The number of hydrogen-bond donors (Lipinski definition) is 1. The second-order valence-corrected chi connectivity index (χ2v) is 6.89. The first kappa shape index (κ1) is 16.9. The Morgan fingerprint density at radius 1 is 1.17 bits per heavy atom. The summed E-state index contributed by atoms with van der Waals surface area (Å²) in [5, 5.41) is 9.13. The molecule has 1 aromatic carbocycles. The smallest absolute Gasteiger partial charge is 0.308 e. The number of halogens is 1. The zero-order chi connectivity index (χ0) is 17.1. The molecule has 0 radical (unpaired) electrons. The molecule has 3 rings (SSSR count). The van der Waals surface area contributed by atoms with E-state index in [9.17, 15) is 14.0 Å². The molecule has 4 nitrogen and oxygen atoms in total. The number of fused-ring (bicyclic) bond motifs is 1. The fourth-order valence-electron chi connectivity index (χ4n) is 3.94. The molecular weight excluding hydrogens is 309 g/mol. The van der Waals surface area contributed by atoms with E-state index in [0.29, 0.717) is 32.4 Å². The van der Waals surface area contributed by atoms with Gasteiger partial charge < -0.3 is 10.0 Å². The first-order valence-corrected chi connectivity index (χ1v) is 8.86. The predicted molar refractivity (Wildman–Crippen MR) is 88.3 cm³/mol. The summed E-state index contributed by atoms with van der Waals surface area (Å²) in [6.07, 6.45) is 6.14. The molecule has 0 saturated carbocycles. The number of hydrogen-bond acceptors (Lipinski definition) is 2. The number of carboxylic acid groups (broad SMARTS) is 1.